The molecule has 0 spiro atoms. The first kappa shape index (κ1) is 9.82. The van der Waals surface area contributed by atoms with Crippen LogP contribution < -0.4 is 0 Å². The van der Waals surface area contributed by atoms with Crippen molar-refractivity contribution in [1.82, 2.24) is 0 Å². The van der Waals surface area contributed by atoms with Gasteiger partial charge >= 0.3 is 0 Å². The monoisotopic (exact) mass is 192 g/mol. The van der Waals surface area contributed by atoms with Gasteiger partial charge < -0.3 is 4.74 Å². The molecule has 0 aromatic heterocycles. The van der Waals surface area contributed by atoms with Gasteiger partial charge in [0.2, 0.25) is 0 Å². The second-order valence-electron chi connectivity index (χ2n) is 4.87. The quantitative estimate of drug-likeness (QED) is 0.486. The maximum atomic E-state index is 5.70. The lowest BCUT2D eigenvalue weighted by molar-refractivity contribution is 0.119. The zero-order valence-electron chi connectivity index (χ0n) is 9.31. The summed E-state index contributed by atoms with van der Waals surface area (Å²) in [5.74, 6) is 0. The van der Waals surface area contributed by atoms with Crippen LogP contribution >= 0.6 is 0 Å². The van der Waals surface area contributed by atoms with Crippen LogP contribution in [0.2, 0.25) is 0 Å². The summed E-state index contributed by atoms with van der Waals surface area (Å²) in [6.07, 6.45) is 10.7. The summed E-state index contributed by atoms with van der Waals surface area (Å²) in [6, 6.07) is 0. The summed E-state index contributed by atoms with van der Waals surface area (Å²) < 4.78 is 5.70. The third-order valence-electron chi connectivity index (χ3n) is 3.63. The SMILES string of the molecule is CCC(C)=COCC12CC=C(CC1)C2. The van der Waals surface area contributed by atoms with Gasteiger partial charge in [-0.2, -0.15) is 0 Å². The molecule has 0 aliphatic heterocycles. The summed E-state index contributed by atoms with van der Waals surface area (Å²) in [5.41, 5.74) is 3.50. The molecule has 2 aliphatic carbocycles. The van der Waals surface area contributed by atoms with Crippen LogP contribution in [0.15, 0.2) is 23.5 Å². The van der Waals surface area contributed by atoms with Gasteiger partial charge in [-0.25, -0.2) is 0 Å². The van der Waals surface area contributed by atoms with E-state index in [1.807, 2.05) is 6.26 Å². The Balaban J connectivity index is 1.82. The van der Waals surface area contributed by atoms with E-state index in [1.165, 1.54) is 31.3 Å². The highest BCUT2D eigenvalue weighted by atomic mass is 16.5. The van der Waals surface area contributed by atoms with E-state index in [9.17, 15) is 0 Å². The molecule has 78 valence electrons. The minimum Gasteiger partial charge on any atom is -0.501 e. The largest absolute Gasteiger partial charge is 0.501 e. The molecule has 1 unspecified atom stereocenters. The van der Waals surface area contributed by atoms with Crippen molar-refractivity contribution in [2.45, 2.75) is 46.0 Å². The molecule has 0 radical (unpaired) electrons. The normalized spacial score (nSPS) is 30.7. The number of hydrogen-bond donors (Lipinski definition) is 0. The van der Waals surface area contributed by atoms with Gasteiger partial charge in [-0.15, -0.1) is 0 Å². The average molecular weight is 192 g/mol. The van der Waals surface area contributed by atoms with Crippen molar-refractivity contribution in [3.05, 3.63) is 23.5 Å². The lowest BCUT2D eigenvalue weighted by Crippen LogP contribution is -2.20. The van der Waals surface area contributed by atoms with E-state index >= 15 is 0 Å². The Hall–Kier alpha value is -0.720. The number of fused-ring (bicyclic) bond motifs is 2. The van der Waals surface area contributed by atoms with Crippen molar-refractivity contribution in [3.63, 3.8) is 0 Å². The molecule has 14 heavy (non-hydrogen) atoms. The summed E-state index contributed by atoms with van der Waals surface area (Å²) in [7, 11) is 0. The van der Waals surface area contributed by atoms with Crippen molar-refractivity contribution < 1.29 is 4.74 Å². The third-order valence-corrected chi connectivity index (χ3v) is 3.63. The van der Waals surface area contributed by atoms with E-state index < -0.39 is 0 Å². The molecule has 0 amide bonds. The van der Waals surface area contributed by atoms with Gasteiger partial charge in [-0.3, -0.25) is 0 Å². The van der Waals surface area contributed by atoms with E-state index in [2.05, 4.69) is 19.9 Å². The third kappa shape index (κ3) is 1.87. The van der Waals surface area contributed by atoms with Gasteiger partial charge in [-0.05, 0) is 44.6 Å². The lowest BCUT2D eigenvalue weighted by Gasteiger charge is -2.24. The van der Waals surface area contributed by atoms with Gasteiger partial charge in [0.05, 0.1) is 12.9 Å². The maximum Gasteiger partial charge on any atom is 0.0935 e. The molecule has 2 bridgehead atoms. The van der Waals surface area contributed by atoms with Crippen LogP contribution in [0.5, 0.6) is 0 Å². The second-order valence-corrected chi connectivity index (χ2v) is 4.87. The Morgan fingerprint density at radius 2 is 2.50 bits per heavy atom. The fourth-order valence-corrected chi connectivity index (χ4v) is 2.42. The molecule has 1 saturated carbocycles. The van der Waals surface area contributed by atoms with E-state index in [4.69, 9.17) is 4.74 Å². The minimum atomic E-state index is 0.486. The first-order chi connectivity index (χ1) is 6.74. The van der Waals surface area contributed by atoms with Gasteiger partial charge in [-0.1, -0.05) is 18.6 Å². The summed E-state index contributed by atoms with van der Waals surface area (Å²) in [6.45, 7) is 5.22. The van der Waals surface area contributed by atoms with Crippen molar-refractivity contribution in [2.75, 3.05) is 6.61 Å². The van der Waals surface area contributed by atoms with Gasteiger partial charge in [0.1, 0.15) is 0 Å². The number of ether oxygens (including phenoxy) is 1. The Bertz CT molecular complexity index is 275. The Kier molecular flexibility index (Phi) is 2.66. The standard InChI is InChI=1S/C13H20O/c1-3-11(2)9-14-10-13-6-4-12(8-13)5-7-13/h4,9H,3,5-8,10H2,1-2H3. The van der Waals surface area contributed by atoms with Gasteiger partial charge in [0.15, 0.2) is 0 Å². The van der Waals surface area contributed by atoms with Crippen LogP contribution in [-0.4, -0.2) is 6.61 Å². The van der Waals surface area contributed by atoms with Crippen molar-refractivity contribution in [2.24, 2.45) is 5.41 Å². The van der Waals surface area contributed by atoms with E-state index in [-0.39, 0.29) is 0 Å². The molecule has 2 aliphatic rings. The zero-order chi connectivity index (χ0) is 10.0. The van der Waals surface area contributed by atoms with Crippen LogP contribution in [-0.2, 0) is 4.74 Å². The first-order valence-electron chi connectivity index (χ1n) is 5.69. The van der Waals surface area contributed by atoms with Crippen LogP contribution in [0.25, 0.3) is 0 Å². The molecule has 0 heterocycles. The van der Waals surface area contributed by atoms with Crippen molar-refractivity contribution in [3.8, 4) is 0 Å². The molecule has 0 aromatic rings. The highest BCUT2D eigenvalue weighted by molar-refractivity contribution is 5.21. The summed E-state index contributed by atoms with van der Waals surface area (Å²) >= 11 is 0. The molecule has 1 fully saturated rings. The van der Waals surface area contributed by atoms with Gasteiger partial charge in [0.25, 0.3) is 0 Å². The molecule has 0 saturated heterocycles. The fraction of sp³-hybridized carbons (Fsp3) is 0.692. The molecular formula is C13H20O. The predicted molar refractivity (Wildman–Crippen MR) is 59.0 cm³/mol. The molecule has 0 aromatic carbocycles. The lowest BCUT2D eigenvalue weighted by atomic mass is 9.86. The highest BCUT2D eigenvalue weighted by Crippen LogP contribution is 2.50. The molecule has 1 atom stereocenters. The van der Waals surface area contributed by atoms with E-state index in [0.717, 1.165) is 13.0 Å². The first-order valence-corrected chi connectivity index (χ1v) is 5.69. The van der Waals surface area contributed by atoms with Crippen LogP contribution in [0.3, 0.4) is 0 Å². The topological polar surface area (TPSA) is 9.23 Å². The highest BCUT2D eigenvalue weighted by Gasteiger charge is 2.40. The van der Waals surface area contributed by atoms with Crippen LogP contribution in [0.4, 0.5) is 0 Å². The summed E-state index contributed by atoms with van der Waals surface area (Å²) in [5, 5.41) is 0. The summed E-state index contributed by atoms with van der Waals surface area (Å²) in [4.78, 5) is 0. The van der Waals surface area contributed by atoms with E-state index in [1.54, 1.807) is 5.57 Å². The number of hydrogen-bond acceptors (Lipinski definition) is 1. The molecular weight excluding hydrogens is 172 g/mol. The molecule has 0 N–H and O–H groups in total. The Labute approximate surface area is 86.8 Å². The number of rotatable bonds is 4. The molecule has 1 heteroatoms. The predicted octanol–water partition coefficient (Wildman–Crippen LogP) is 3.82. The van der Waals surface area contributed by atoms with Crippen LogP contribution in [0.1, 0.15) is 46.0 Å². The number of allylic oxidation sites excluding steroid dienone is 3. The molecule has 1 nitrogen and oxygen atoms in total. The second kappa shape index (κ2) is 3.80. The van der Waals surface area contributed by atoms with E-state index in [0.29, 0.717) is 5.41 Å². The van der Waals surface area contributed by atoms with Crippen LogP contribution in [0, 0.1) is 5.41 Å². The maximum absolute atomic E-state index is 5.70. The molecule has 2 rings (SSSR count). The Morgan fingerprint density at radius 1 is 1.64 bits per heavy atom. The zero-order valence-corrected chi connectivity index (χ0v) is 9.31. The van der Waals surface area contributed by atoms with Crippen molar-refractivity contribution >= 4 is 0 Å². The minimum absolute atomic E-state index is 0.486. The average Bonchev–Trinajstić information content (AvgIpc) is 2.77. The fourth-order valence-electron chi connectivity index (χ4n) is 2.42. The van der Waals surface area contributed by atoms with Gasteiger partial charge in [0, 0.05) is 5.41 Å². The van der Waals surface area contributed by atoms with Crippen molar-refractivity contribution in [1.29, 1.82) is 0 Å². The Morgan fingerprint density at radius 3 is 3.00 bits per heavy atom. The smallest absolute Gasteiger partial charge is 0.0935 e.